The number of hydrogen-bond donors (Lipinski definition) is 1. The zero-order valence-electron chi connectivity index (χ0n) is 10.2. The predicted molar refractivity (Wildman–Crippen MR) is 62.6 cm³/mol. The van der Waals surface area contributed by atoms with Crippen LogP contribution in [0.4, 0.5) is 0 Å². The molecule has 0 aliphatic heterocycles. The SMILES string of the molecule is CC1CCCC(NC(C)CN(C)C)C1. The molecule has 1 aliphatic rings. The van der Waals surface area contributed by atoms with Gasteiger partial charge < -0.3 is 10.2 Å². The van der Waals surface area contributed by atoms with Gasteiger partial charge in [-0.25, -0.2) is 0 Å². The second-order valence-electron chi connectivity index (χ2n) is 5.30. The maximum Gasteiger partial charge on any atom is 0.0169 e. The van der Waals surface area contributed by atoms with Crippen LogP contribution in [0.2, 0.25) is 0 Å². The summed E-state index contributed by atoms with van der Waals surface area (Å²) in [6.07, 6.45) is 5.59. The molecule has 1 saturated carbocycles. The van der Waals surface area contributed by atoms with E-state index < -0.39 is 0 Å². The van der Waals surface area contributed by atoms with Crippen molar-refractivity contribution in [3.8, 4) is 0 Å². The summed E-state index contributed by atoms with van der Waals surface area (Å²) in [7, 11) is 4.28. The van der Waals surface area contributed by atoms with Gasteiger partial charge in [0, 0.05) is 18.6 Å². The van der Waals surface area contributed by atoms with Crippen molar-refractivity contribution in [3.05, 3.63) is 0 Å². The van der Waals surface area contributed by atoms with Crippen molar-refractivity contribution in [3.63, 3.8) is 0 Å². The quantitative estimate of drug-likeness (QED) is 0.744. The highest BCUT2D eigenvalue weighted by Crippen LogP contribution is 2.23. The van der Waals surface area contributed by atoms with Crippen molar-refractivity contribution in [2.45, 2.75) is 51.6 Å². The third-order valence-electron chi connectivity index (χ3n) is 3.10. The molecule has 0 aromatic heterocycles. The first-order valence-electron chi connectivity index (χ1n) is 5.98. The molecule has 0 spiro atoms. The first-order valence-corrected chi connectivity index (χ1v) is 5.98. The minimum Gasteiger partial charge on any atom is -0.310 e. The molecule has 3 unspecified atom stereocenters. The summed E-state index contributed by atoms with van der Waals surface area (Å²) >= 11 is 0. The van der Waals surface area contributed by atoms with E-state index in [-0.39, 0.29) is 0 Å². The molecule has 0 saturated heterocycles. The highest BCUT2D eigenvalue weighted by Gasteiger charge is 2.19. The van der Waals surface area contributed by atoms with Crippen LogP contribution in [-0.2, 0) is 0 Å². The maximum absolute atomic E-state index is 3.74. The van der Waals surface area contributed by atoms with Crippen molar-refractivity contribution in [2.24, 2.45) is 5.92 Å². The molecular formula is C12H26N2. The van der Waals surface area contributed by atoms with E-state index in [9.17, 15) is 0 Å². The summed E-state index contributed by atoms with van der Waals surface area (Å²) in [4.78, 5) is 2.25. The van der Waals surface area contributed by atoms with Crippen LogP contribution in [0.3, 0.4) is 0 Å². The number of rotatable bonds is 4. The zero-order chi connectivity index (χ0) is 10.6. The van der Waals surface area contributed by atoms with Crippen molar-refractivity contribution >= 4 is 0 Å². The largest absolute Gasteiger partial charge is 0.310 e. The van der Waals surface area contributed by atoms with Gasteiger partial charge in [-0.2, -0.15) is 0 Å². The molecule has 1 aliphatic carbocycles. The lowest BCUT2D eigenvalue weighted by molar-refractivity contribution is 0.260. The Morgan fingerprint density at radius 3 is 2.64 bits per heavy atom. The monoisotopic (exact) mass is 198 g/mol. The minimum absolute atomic E-state index is 0.625. The summed E-state index contributed by atoms with van der Waals surface area (Å²) in [6.45, 7) is 5.81. The summed E-state index contributed by atoms with van der Waals surface area (Å²) in [5.74, 6) is 0.924. The third-order valence-corrected chi connectivity index (χ3v) is 3.10. The Bertz CT molecular complexity index is 156. The Hall–Kier alpha value is -0.0800. The highest BCUT2D eigenvalue weighted by molar-refractivity contribution is 4.78. The van der Waals surface area contributed by atoms with Gasteiger partial charge in [0.05, 0.1) is 0 Å². The summed E-state index contributed by atoms with van der Waals surface area (Å²) in [6, 6.07) is 1.40. The van der Waals surface area contributed by atoms with Gasteiger partial charge in [0.1, 0.15) is 0 Å². The molecule has 2 nitrogen and oxygen atoms in total. The second-order valence-corrected chi connectivity index (χ2v) is 5.30. The van der Waals surface area contributed by atoms with Gasteiger partial charge in [0.2, 0.25) is 0 Å². The molecule has 1 rings (SSSR count). The Kier molecular flexibility index (Phi) is 4.90. The molecule has 1 N–H and O–H groups in total. The smallest absolute Gasteiger partial charge is 0.0169 e. The molecule has 0 bridgehead atoms. The van der Waals surface area contributed by atoms with Gasteiger partial charge in [-0.1, -0.05) is 19.8 Å². The van der Waals surface area contributed by atoms with Crippen molar-refractivity contribution < 1.29 is 0 Å². The van der Waals surface area contributed by atoms with E-state index >= 15 is 0 Å². The lowest BCUT2D eigenvalue weighted by atomic mass is 9.87. The number of nitrogens with one attached hydrogen (secondary N) is 1. The number of likely N-dealkylation sites (N-methyl/N-ethyl adjacent to an activating group) is 1. The zero-order valence-corrected chi connectivity index (χ0v) is 10.2. The van der Waals surface area contributed by atoms with E-state index in [0.717, 1.165) is 18.5 Å². The first kappa shape index (κ1) is 12.0. The van der Waals surface area contributed by atoms with Crippen LogP contribution in [0.5, 0.6) is 0 Å². The van der Waals surface area contributed by atoms with Gasteiger partial charge in [-0.05, 0) is 39.8 Å². The Balaban J connectivity index is 2.21. The predicted octanol–water partition coefficient (Wildman–Crippen LogP) is 2.10. The van der Waals surface area contributed by atoms with Gasteiger partial charge in [0.25, 0.3) is 0 Å². The average molecular weight is 198 g/mol. The fourth-order valence-electron chi connectivity index (χ4n) is 2.59. The summed E-state index contributed by atoms with van der Waals surface area (Å²) in [5, 5.41) is 3.74. The molecule has 0 amide bonds. The van der Waals surface area contributed by atoms with Crippen LogP contribution in [0.1, 0.15) is 39.5 Å². The summed E-state index contributed by atoms with van der Waals surface area (Å²) < 4.78 is 0. The fourth-order valence-corrected chi connectivity index (χ4v) is 2.59. The third kappa shape index (κ3) is 4.43. The van der Waals surface area contributed by atoms with Crippen molar-refractivity contribution in [1.82, 2.24) is 10.2 Å². The van der Waals surface area contributed by atoms with E-state index in [1.165, 1.54) is 25.7 Å². The molecule has 14 heavy (non-hydrogen) atoms. The van der Waals surface area contributed by atoms with Crippen LogP contribution in [-0.4, -0.2) is 37.6 Å². The van der Waals surface area contributed by atoms with Gasteiger partial charge in [0.15, 0.2) is 0 Å². The normalized spacial score (nSPS) is 30.6. The molecule has 2 heteroatoms. The van der Waals surface area contributed by atoms with Crippen LogP contribution >= 0.6 is 0 Å². The van der Waals surface area contributed by atoms with E-state index in [1.807, 2.05) is 0 Å². The molecule has 1 fully saturated rings. The number of nitrogens with zero attached hydrogens (tertiary/aromatic N) is 1. The second kappa shape index (κ2) is 5.72. The molecule has 0 radical (unpaired) electrons. The summed E-state index contributed by atoms with van der Waals surface area (Å²) in [5.41, 5.74) is 0. The minimum atomic E-state index is 0.625. The Labute approximate surface area is 89.1 Å². The van der Waals surface area contributed by atoms with E-state index in [4.69, 9.17) is 0 Å². The van der Waals surface area contributed by atoms with Crippen LogP contribution < -0.4 is 5.32 Å². The average Bonchev–Trinajstić information content (AvgIpc) is 2.01. The topological polar surface area (TPSA) is 15.3 Å². The van der Waals surface area contributed by atoms with E-state index in [1.54, 1.807) is 0 Å². The molecular weight excluding hydrogens is 172 g/mol. The first-order chi connectivity index (χ1) is 6.58. The Morgan fingerprint density at radius 2 is 2.07 bits per heavy atom. The van der Waals surface area contributed by atoms with E-state index in [2.05, 4.69) is 38.2 Å². The lowest BCUT2D eigenvalue weighted by Crippen LogP contribution is -2.43. The molecule has 0 heterocycles. The maximum atomic E-state index is 3.74. The number of hydrogen-bond acceptors (Lipinski definition) is 2. The van der Waals surface area contributed by atoms with E-state index in [0.29, 0.717) is 6.04 Å². The molecule has 0 aromatic carbocycles. The Morgan fingerprint density at radius 1 is 1.36 bits per heavy atom. The molecule has 3 atom stereocenters. The van der Waals surface area contributed by atoms with Gasteiger partial charge >= 0.3 is 0 Å². The molecule has 0 aromatic rings. The van der Waals surface area contributed by atoms with Crippen LogP contribution in [0, 0.1) is 5.92 Å². The van der Waals surface area contributed by atoms with Crippen molar-refractivity contribution in [2.75, 3.05) is 20.6 Å². The van der Waals surface area contributed by atoms with Crippen LogP contribution in [0.15, 0.2) is 0 Å². The fraction of sp³-hybridized carbons (Fsp3) is 1.00. The highest BCUT2D eigenvalue weighted by atomic mass is 15.1. The molecule has 84 valence electrons. The van der Waals surface area contributed by atoms with Gasteiger partial charge in [-0.15, -0.1) is 0 Å². The van der Waals surface area contributed by atoms with Gasteiger partial charge in [-0.3, -0.25) is 0 Å². The van der Waals surface area contributed by atoms with Crippen molar-refractivity contribution in [1.29, 1.82) is 0 Å². The standard InChI is InChI=1S/C12H26N2/c1-10-6-5-7-12(8-10)13-11(2)9-14(3)4/h10-13H,5-9H2,1-4H3. The van der Waals surface area contributed by atoms with Crippen LogP contribution in [0.25, 0.3) is 0 Å². The lowest BCUT2D eigenvalue weighted by Gasteiger charge is -2.31.